The number of halogens is 1. The number of nitrogens with zero attached hydrogens (tertiary/aromatic N) is 1. The Hall–Kier alpha value is -1.18. The third-order valence-electron chi connectivity index (χ3n) is 3.60. The van der Waals surface area contributed by atoms with Crippen LogP contribution in [0.25, 0.3) is 0 Å². The molecular weight excluding hydrogens is 295 g/mol. The maximum atomic E-state index is 13.6. The highest BCUT2D eigenvalue weighted by molar-refractivity contribution is 7.89. The molecule has 1 fully saturated rings. The van der Waals surface area contributed by atoms with Crippen molar-refractivity contribution in [2.45, 2.75) is 24.2 Å². The molecule has 0 aliphatic carbocycles. The molecule has 0 radical (unpaired) electrons. The Morgan fingerprint density at radius 1 is 1.29 bits per heavy atom. The fourth-order valence-corrected chi connectivity index (χ4v) is 3.45. The summed E-state index contributed by atoms with van der Waals surface area (Å²) < 4.78 is 45.0. The summed E-state index contributed by atoms with van der Waals surface area (Å²) >= 11 is 0. The van der Waals surface area contributed by atoms with Gasteiger partial charge in [0, 0.05) is 13.1 Å². The summed E-state index contributed by atoms with van der Waals surface area (Å²) in [6.07, 6.45) is 3.57. The lowest BCUT2D eigenvalue weighted by Gasteiger charge is -2.26. The molecule has 21 heavy (non-hydrogen) atoms. The second-order valence-electron chi connectivity index (χ2n) is 5.10. The van der Waals surface area contributed by atoms with Crippen LogP contribution in [0.15, 0.2) is 23.1 Å². The number of hydrogen-bond donors (Lipinski definition) is 1. The number of nitrogens with one attached hydrogen (secondary N) is 1. The lowest BCUT2D eigenvalue weighted by molar-refractivity contribution is 0.233. The summed E-state index contributed by atoms with van der Waals surface area (Å²) in [5.41, 5.74) is 0. The first-order valence-electron chi connectivity index (χ1n) is 7.08. The highest BCUT2D eigenvalue weighted by Crippen LogP contribution is 2.20. The minimum absolute atomic E-state index is 0.0299. The molecule has 0 saturated carbocycles. The molecule has 1 aromatic rings. The van der Waals surface area contributed by atoms with E-state index in [2.05, 4.69) is 9.62 Å². The molecule has 1 N–H and O–H groups in total. The predicted octanol–water partition coefficient (Wildman–Crippen LogP) is 1.60. The third-order valence-corrected chi connectivity index (χ3v) is 5.06. The smallest absolute Gasteiger partial charge is 0.240 e. The Labute approximate surface area is 125 Å². The number of benzene rings is 1. The molecule has 118 valence electrons. The van der Waals surface area contributed by atoms with E-state index in [-0.39, 0.29) is 10.6 Å². The van der Waals surface area contributed by atoms with Crippen LogP contribution in [0.1, 0.15) is 19.3 Å². The van der Waals surface area contributed by atoms with Gasteiger partial charge in [-0.1, -0.05) is 6.42 Å². The first-order chi connectivity index (χ1) is 10.0. The summed E-state index contributed by atoms with van der Waals surface area (Å²) in [5, 5.41) is 0. The molecule has 1 saturated heterocycles. The first-order valence-corrected chi connectivity index (χ1v) is 8.57. The number of ether oxygens (including phenoxy) is 1. The monoisotopic (exact) mass is 316 g/mol. The molecule has 0 unspecified atom stereocenters. The van der Waals surface area contributed by atoms with E-state index in [1.165, 1.54) is 25.7 Å². The number of piperidine rings is 1. The van der Waals surface area contributed by atoms with Crippen molar-refractivity contribution in [1.29, 1.82) is 0 Å². The van der Waals surface area contributed by atoms with Gasteiger partial charge in [0.15, 0.2) is 11.6 Å². The number of methoxy groups -OCH3 is 1. The van der Waals surface area contributed by atoms with Crippen LogP contribution in [0.5, 0.6) is 5.75 Å². The molecule has 0 spiro atoms. The Morgan fingerprint density at radius 3 is 2.62 bits per heavy atom. The van der Waals surface area contributed by atoms with E-state index in [9.17, 15) is 12.8 Å². The molecule has 1 aliphatic rings. The first kappa shape index (κ1) is 16.2. The van der Waals surface area contributed by atoms with Crippen LogP contribution >= 0.6 is 0 Å². The topological polar surface area (TPSA) is 58.6 Å². The summed E-state index contributed by atoms with van der Waals surface area (Å²) in [4.78, 5) is 2.15. The van der Waals surface area contributed by atoms with E-state index in [1.54, 1.807) is 0 Å². The van der Waals surface area contributed by atoms with Crippen molar-refractivity contribution in [3.05, 3.63) is 24.0 Å². The van der Waals surface area contributed by atoms with Gasteiger partial charge in [0.2, 0.25) is 10.0 Å². The maximum Gasteiger partial charge on any atom is 0.240 e. The Bertz CT molecular complexity index is 572. The van der Waals surface area contributed by atoms with Crippen LogP contribution in [0.3, 0.4) is 0 Å². The lowest BCUT2D eigenvalue weighted by atomic mass is 10.1. The van der Waals surface area contributed by atoms with Crippen LogP contribution in [0.4, 0.5) is 4.39 Å². The second kappa shape index (κ2) is 7.20. The number of hydrogen-bond acceptors (Lipinski definition) is 4. The van der Waals surface area contributed by atoms with E-state index in [0.717, 1.165) is 32.0 Å². The molecule has 0 atom stereocenters. The molecule has 0 aromatic heterocycles. The lowest BCUT2D eigenvalue weighted by Crippen LogP contribution is -2.37. The molecule has 1 aliphatic heterocycles. The van der Waals surface area contributed by atoms with Gasteiger partial charge in [-0.3, -0.25) is 0 Å². The third kappa shape index (κ3) is 4.39. The van der Waals surface area contributed by atoms with Gasteiger partial charge in [0.1, 0.15) is 0 Å². The van der Waals surface area contributed by atoms with E-state index >= 15 is 0 Å². The summed E-state index contributed by atoms with van der Waals surface area (Å²) in [5.74, 6) is -0.654. The molecule has 7 heteroatoms. The van der Waals surface area contributed by atoms with Crippen molar-refractivity contribution in [3.8, 4) is 5.75 Å². The average molecular weight is 316 g/mol. The Balaban J connectivity index is 1.93. The van der Waals surface area contributed by atoms with Crippen molar-refractivity contribution < 1.29 is 17.5 Å². The van der Waals surface area contributed by atoms with Gasteiger partial charge in [0.25, 0.3) is 0 Å². The van der Waals surface area contributed by atoms with Gasteiger partial charge in [-0.05, 0) is 44.1 Å². The van der Waals surface area contributed by atoms with Crippen molar-refractivity contribution in [3.63, 3.8) is 0 Å². The van der Waals surface area contributed by atoms with Gasteiger partial charge in [-0.2, -0.15) is 0 Å². The SMILES string of the molecule is COc1ccc(S(=O)(=O)NCCN2CCCCC2)cc1F. The van der Waals surface area contributed by atoms with E-state index in [1.807, 2.05) is 0 Å². The maximum absolute atomic E-state index is 13.6. The average Bonchev–Trinajstić information content (AvgIpc) is 2.48. The van der Waals surface area contributed by atoms with Crippen LogP contribution in [-0.4, -0.2) is 46.6 Å². The van der Waals surface area contributed by atoms with Crippen molar-refractivity contribution in [1.82, 2.24) is 9.62 Å². The van der Waals surface area contributed by atoms with E-state index < -0.39 is 15.8 Å². The van der Waals surface area contributed by atoms with Crippen molar-refractivity contribution in [2.75, 3.05) is 33.3 Å². The van der Waals surface area contributed by atoms with Crippen LogP contribution in [-0.2, 0) is 10.0 Å². The zero-order valence-corrected chi connectivity index (χ0v) is 13.0. The highest BCUT2D eigenvalue weighted by Gasteiger charge is 2.17. The molecule has 1 aromatic carbocycles. The molecule has 1 heterocycles. The largest absolute Gasteiger partial charge is 0.494 e. The molecular formula is C14H21FN2O3S. The van der Waals surface area contributed by atoms with Crippen LogP contribution < -0.4 is 9.46 Å². The molecule has 0 bridgehead atoms. The van der Waals surface area contributed by atoms with E-state index in [0.29, 0.717) is 13.1 Å². The standard InChI is InChI=1S/C14H21FN2O3S/c1-20-14-6-5-12(11-13(14)15)21(18,19)16-7-10-17-8-3-2-4-9-17/h5-6,11,16H,2-4,7-10H2,1H3. The highest BCUT2D eigenvalue weighted by atomic mass is 32.2. The molecule has 2 rings (SSSR count). The normalized spacial score (nSPS) is 16.9. The van der Waals surface area contributed by atoms with Gasteiger partial charge in [-0.15, -0.1) is 0 Å². The van der Waals surface area contributed by atoms with Gasteiger partial charge in [-0.25, -0.2) is 17.5 Å². The zero-order valence-electron chi connectivity index (χ0n) is 12.1. The zero-order chi connectivity index (χ0) is 15.3. The second-order valence-corrected chi connectivity index (χ2v) is 6.86. The predicted molar refractivity (Wildman–Crippen MR) is 78.4 cm³/mol. The van der Waals surface area contributed by atoms with Gasteiger partial charge >= 0.3 is 0 Å². The molecule has 0 amide bonds. The minimum Gasteiger partial charge on any atom is -0.494 e. The quantitative estimate of drug-likeness (QED) is 0.866. The Kier molecular flexibility index (Phi) is 5.55. The van der Waals surface area contributed by atoms with Gasteiger partial charge in [0.05, 0.1) is 12.0 Å². The summed E-state index contributed by atoms with van der Waals surface area (Å²) in [7, 11) is -2.34. The van der Waals surface area contributed by atoms with Gasteiger partial charge < -0.3 is 9.64 Å². The Morgan fingerprint density at radius 2 is 2.00 bits per heavy atom. The number of sulfonamides is 1. The summed E-state index contributed by atoms with van der Waals surface area (Å²) in [6.45, 7) is 3.03. The van der Waals surface area contributed by atoms with E-state index in [4.69, 9.17) is 4.74 Å². The minimum atomic E-state index is -3.68. The fourth-order valence-electron chi connectivity index (χ4n) is 2.42. The van der Waals surface area contributed by atoms with Crippen LogP contribution in [0, 0.1) is 5.82 Å². The number of likely N-dealkylation sites (tertiary alicyclic amines) is 1. The number of rotatable bonds is 6. The van der Waals surface area contributed by atoms with Crippen molar-refractivity contribution >= 4 is 10.0 Å². The van der Waals surface area contributed by atoms with Crippen LogP contribution in [0.2, 0.25) is 0 Å². The van der Waals surface area contributed by atoms with Crippen molar-refractivity contribution in [2.24, 2.45) is 0 Å². The fraction of sp³-hybridized carbons (Fsp3) is 0.571. The summed E-state index contributed by atoms with van der Waals surface area (Å²) in [6, 6.07) is 3.63. The molecule has 5 nitrogen and oxygen atoms in total.